The summed E-state index contributed by atoms with van der Waals surface area (Å²) < 4.78 is 7.15. The lowest BCUT2D eigenvalue weighted by molar-refractivity contribution is 0.0952. The zero-order valence-corrected chi connectivity index (χ0v) is 16.1. The Hall–Kier alpha value is -3.38. The lowest BCUT2D eigenvalue weighted by Gasteiger charge is -2.10. The number of amides is 1. The summed E-state index contributed by atoms with van der Waals surface area (Å²) in [5, 5.41) is 5.96. The molecule has 28 heavy (non-hydrogen) atoms. The van der Waals surface area contributed by atoms with Crippen molar-refractivity contribution in [2.75, 3.05) is 7.11 Å². The first-order valence-electron chi connectivity index (χ1n) is 8.82. The number of aromatic nitrogens is 2. The van der Waals surface area contributed by atoms with E-state index in [2.05, 4.69) is 10.3 Å². The summed E-state index contributed by atoms with van der Waals surface area (Å²) in [5.74, 6) is 0.690. The molecule has 0 bridgehead atoms. The average molecular weight is 389 g/mol. The molecule has 0 unspecified atom stereocenters. The van der Waals surface area contributed by atoms with Crippen LogP contribution in [0.25, 0.3) is 16.1 Å². The van der Waals surface area contributed by atoms with Crippen LogP contribution in [0.15, 0.2) is 78.7 Å². The van der Waals surface area contributed by atoms with Crippen molar-refractivity contribution in [3.8, 4) is 21.9 Å². The number of hydrogen-bond acceptors (Lipinski definition) is 4. The second-order valence-corrected chi connectivity index (χ2v) is 7.04. The Kier molecular flexibility index (Phi) is 5.21. The molecule has 4 rings (SSSR count). The molecule has 5 nitrogen and oxygen atoms in total. The third kappa shape index (κ3) is 3.68. The van der Waals surface area contributed by atoms with E-state index in [0.717, 1.165) is 27.4 Å². The van der Waals surface area contributed by atoms with Crippen molar-refractivity contribution >= 4 is 17.2 Å². The summed E-state index contributed by atoms with van der Waals surface area (Å²) in [6.07, 6.45) is 7.37. The summed E-state index contributed by atoms with van der Waals surface area (Å²) >= 11 is 1.55. The molecule has 0 saturated carbocycles. The molecule has 0 aliphatic rings. The van der Waals surface area contributed by atoms with Gasteiger partial charge < -0.3 is 14.6 Å². The maximum absolute atomic E-state index is 13.2. The summed E-state index contributed by atoms with van der Waals surface area (Å²) in [6.45, 7) is 0.444. The SMILES string of the molecule is COc1ccc(CNC(=O)c2c(-c3ccncc3)csc2-n2cccc2)cc1. The van der Waals surface area contributed by atoms with Crippen LogP contribution in [0.3, 0.4) is 0 Å². The first-order chi connectivity index (χ1) is 13.8. The first-order valence-corrected chi connectivity index (χ1v) is 9.70. The molecular weight excluding hydrogens is 370 g/mol. The topological polar surface area (TPSA) is 56.1 Å². The highest BCUT2D eigenvalue weighted by molar-refractivity contribution is 7.13. The van der Waals surface area contributed by atoms with E-state index >= 15 is 0 Å². The minimum Gasteiger partial charge on any atom is -0.497 e. The van der Waals surface area contributed by atoms with E-state index in [1.54, 1.807) is 30.8 Å². The highest BCUT2D eigenvalue weighted by Crippen LogP contribution is 2.34. The number of nitrogens with zero attached hydrogens (tertiary/aromatic N) is 2. The predicted molar refractivity (Wildman–Crippen MR) is 111 cm³/mol. The van der Waals surface area contributed by atoms with E-state index < -0.39 is 0 Å². The normalized spacial score (nSPS) is 10.6. The zero-order valence-electron chi connectivity index (χ0n) is 15.3. The number of thiophene rings is 1. The maximum Gasteiger partial charge on any atom is 0.255 e. The number of pyridine rings is 1. The van der Waals surface area contributed by atoms with E-state index in [4.69, 9.17) is 4.74 Å². The average Bonchev–Trinajstić information content (AvgIpc) is 3.42. The summed E-state index contributed by atoms with van der Waals surface area (Å²) in [4.78, 5) is 17.2. The lowest BCUT2D eigenvalue weighted by atomic mass is 10.0. The Morgan fingerprint density at radius 3 is 2.50 bits per heavy atom. The Bertz CT molecular complexity index is 1060. The maximum atomic E-state index is 13.2. The Morgan fingerprint density at radius 2 is 1.82 bits per heavy atom. The fourth-order valence-electron chi connectivity index (χ4n) is 2.99. The van der Waals surface area contributed by atoms with Crippen LogP contribution in [-0.2, 0) is 6.54 Å². The molecule has 1 N–H and O–H groups in total. The van der Waals surface area contributed by atoms with Crippen LogP contribution in [0.1, 0.15) is 15.9 Å². The summed E-state index contributed by atoms with van der Waals surface area (Å²) in [6, 6.07) is 15.4. The van der Waals surface area contributed by atoms with Gasteiger partial charge in [0.05, 0.1) is 12.7 Å². The first kappa shape index (κ1) is 18.0. The molecule has 3 heterocycles. The molecular formula is C22H19N3O2S. The molecule has 0 fully saturated rings. The smallest absolute Gasteiger partial charge is 0.255 e. The molecule has 0 spiro atoms. The van der Waals surface area contributed by atoms with Crippen molar-refractivity contribution in [1.82, 2.24) is 14.9 Å². The highest BCUT2D eigenvalue weighted by Gasteiger charge is 2.21. The molecule has 1 aromatic carbocycles. The van der Waals surface area contributed by atoms with Crippen LogP contribution in [0.4, 0.5) is 0 Å². The van der Waals surface area contributed by atoms with Gasteiger partial charge in [-0.3, -0.25) is 9.78 Å². The van der Waals surface area contributed by atoms with Crippen molar-refractivity contribution < 1.29 is 9.53 Å². The molecule has 0 aliphatic carbocycles. The van der Waals surface area contributed by atoms with E-state index in [9.17, 15) is 4.79 Å². The van der Waals surface area contributed by atoms with Gasteiger partial charge in [0, 0.05) is 42.3 Å². The molecule has 0 atom stereocenters. The summed E-state index contributed by atoms with van der Waals surface area (Å²) in [5.41, 5.74) is 3.56. The van der Waals surface area contributed by atoms with Gasteiger partial charge in [-0.15, -0.1) is 11.3 Å². The number of carbonyl (C=O) groups is 1. The van der Waals surface area contributed by atoms with Crippen molar-refractivity contribution in [2.24, 2.45) is 0 Å². The van der Waals surface area contributed by atoms with Gasteiger partial charge in [0.2, 0.25) is 0 Å². The second-order valence-electron chi connectivity index (χ2n) is 6.19. The number of hydrogen-bond donors (Lipinski definition) is 1. The van der Waals surface area contributed by atoms with Crippen molar-refractivity contribution in [1.29, 1.82) is 0 Å². The van der Waals surface area contributed by atoms with Gasteiger partial charge in [-0.05, 0) is 47.5 Å². The standard InChI is InChI=1S/C22H19N3O2S/c1-27-18-6-4-16(5-7-18)14-24-21(26)20-19(17-8-10-23-11-9-17)15-28-22(20)25-12-2-3-13-25/h2-13,15H,14H2,1H3,(H,24,26). The third-order valence-corrected chi connectivity index (χ3v) is 5.43. The van der Waals surface area contributed by atoms with Crippen LogP contribution in [0.2, 0.25) is 0 Å². The largest absolute Gasteiger partial charge is 0.497 e. The molecule has 0 saturated heterocycles. The summed E-state index contributed by atoms with van der Waals surface area (Å²) in [7, 11) is 1.64. The van der Waals surface area contributed by atoms with Gasteiger partial charge in [-0.25, -0.2) is 0 Å². The Labute approximate surface area is 167 Å². The molecule has 6 heteroatoms. The number of rotatable bonds is 6. The van der Waals surface area contributed by atoms with E-state index in [0.29, 0.717) is 12.1 Å². The number of carbonyl (C=O) groups excluding carboxylic acids is 1. The number of benzene rings is 1. The van der Waals surface area contributed by atoms with Crippen molar-refractivity contribution in [3.05, 3.63) is 89.8 Å². The van der Waals surface area contributed by atoms with E-state index in [1.165, 1.54) is 0 Å². The van der Waals surface area contributed by atoms with Crippen LogP contribution in [0.5, 0.6) is 5.75 Å². The predicted octanol–water partition coefficient (Wildman–Crippen LogP) is 4.54. The monoisotopic (exact) mass is 389 g/mol. The zero-order chi connectivity index (χ0) is 19.3. The number of nitrogens with one attached hydrogen (secondary N) is 1. The van der Waals surface area contributed by atoms with E-state index in [-0.39, 0.29) is 5.91 Å². The van der Waals surface area contributed by atoms with Gasteiger partial charge >= 0.3 is 0 Å². The molecule has 3 aromatic heterocycles. The Morgan fingerprint density at radius 1 is 1.11 bits per heavy atom. The van der Waals surface area contributed by atoms with Gasteiger partial charge in [0.25, 0.3) is 5.91 Å². The van der Waals surface area contributed by atoms with Gasteiger partial charge in [-0.2, -0.15) is 0 Å². The number of methoxy groups -OCH3 is 1. The van der Waals surface area contributed by atoms with Crippen LogP contribution in [-0.4, -0.2) is 22.6 Å². The Balaban J connectivity index is 1.64. The molecule has 1 amide bonds. The fourth-order valence-corrected chi connectivity index (χ4v) is 4.03. The van der Waals surface area contributed by atoms with Gasteiger partial charge in [0.1, 0.15) is 10.8 Å². The molecule has 0 aliphatic heterocycles. The second kappa shape index (κ2) is 8.10. The van der Waals surface area contributed by atoms with Crippen molar-refractivity contribution in [2.45, 2.75) is 6.54 Å². The van der Waals surface area contributed by atoms with Crippen LogP contribution < -0.4 is 10.1 Å². The van der Waals surface area contributed by atoms with Gasteiger partial charge in [-0.1, -0.05) is 12.1 Å². The quantitative estimate of drug-likeness (QED) is 0.527. The molecule has 4 aromatic rings. The molecule has 0 radical (unpaired) electrons. The fraction of sp³-hybridized carbons (Fsp3) is 0.0909. The number of ether oxygens (including phenoxy) is 1. The lowest BCUT2D eigenvalue weighted by Crippen LogP contribution is -2.24. The van der Waals surface area contributed by atoms with Crippen LogP contribution in [0, 0.1) is 0 Å². The minimum atomic E-state index is -0.104. The van der Waals surface area contributed by atoms with E-state index in [1.807, 2.05) is 70.9 Å². The van der Waals surface area contributed by atoms with Gasteiger partial charge in [0.15, 0.2) is 0 Å². The highest BCUT2D eigenvalue weighted by atomic mass is 32.1. The van der Waals surface area contributed by atoms with Crippen LogP contribution >= 0.6 is 11.3 Å². The van der Waals surface area contributed by atoms with Crippen molar-refractivity contribution in [3.63, 3.8) is 0 Å². The molecule has 140 valence electrons. The third-order valence-electron chi connectivity index (χ3n) is 4.44. The minimum absolute atomic E-state index is 0.104.